The fraction of sp³-hybridized carbons (Fsp3) is 0.333. The third-order valence-electron chi connectivity index (χ3n) is 4.01. The molecule has 0 fully saturated rings. The van der Waals surface area contributed by atoms with Gasteiger partial charge in [-0.15, -0.1) is 0 Å². The van der Waals surface area contributed by atoms with Crippen LogP contribution in [0.2, 0.25) is 0 Å². The van der Waals surface area contributed by atoms with Gasteiger partial charge >= 0.3 is 0 Å². The van der Waals surface area contributed by atoms with Crippen molar-refractivity contribution in [3.05, 3.63) is 65.2 Å². The fourth-order valence-corrected chi connectivity index (χ4v) is 2.41. The predicted octanol–water partition coefficient (Wildman–Crippen LogP) is 3.27. The zero-order valence-corrected chi connectivity index (χ0v) is 13.2. The van der Waals surface area contributed by atoms with Gasteiger partial charge in [-0.05, 0) is 55.8 Å². The number of nitrogens with zero attached hydrogens (tertiary/aromatic N) is 1. The highest BCUT2D eigenvalue weighted by Crippen LogP contribution is 2.19. The number of benzene rings is 2. The van der Waals surface area contributed by atoms with Gasteiger partial charge in [-0.2, -0.15) is 0 Å². The lowest BCUT2D eigenvalue weighted by atomic mass is 10.0. The Hall–Kier alpha value is -1.98. The Morgan fingerprint density at radius 3 is 2.30 bits per heavy atom. The third kappa shape index (κ3) is 4.74. The maximum absolute atomic E-state index is 13.2. The summed E-state index contributed by atoms with van der Waals surface area (Å²) in [6.07, 6.45) is -0.140. The van der Waals surface area contributed by atoms with Gasteiger partial charge in [0.2, 0.25) is 0 Å². The molecule has 2 atom stereocenters. The summed E-state index contributed by atoms with van der Waals surface area (Å²) in [6, 6.07) is 10.6. The van der Waals surface area contributed by atoms with Crippen LogP contribution in [0.1, 0.15) is 24.2 Å². The summed E-state index contributed by atoms with van der Waals surface area (Å²) in [5.41, 5.74) is 1.43. The van der Waals surface area contributed by atoms with Gasteiger partial charge in [-0.25, -0.2) is 8.78 Å². The Morgan fingerprint density at radius 2 is 1.70 bits per heavy atom. The summed E-state index contributed by atoms with van der Waals surface area (Å²) in [4.78, 5) is 1.96. The topological polar surface area (TPSA) is 43.7 Å². The van der Waals surface area contributed by atoms with Gasteiger partial charge in [-0.1, -0.05) is 18.2 Å². The molecule has 3 nitrogen and oxygen atoms in total. The van der Waals surface area contributed by atoms with Crippen molar-refractivity contribution in [2.75, 3.05) is 13.6 Å². The Bertz CT molecular complexity index is 646. The molecule has 0 spiro atoms. The molecule has 2 aromatic rings. The van der Waals surface area contributed by atoms with Crippen molar-refractivity contribution >= 4 is 0 Å². The van der Waals surface area contributed by atoms with Crippen LogP contribution in [0.5, 0.6) is 5.75 Å². The van der Waals surface area contributed by atoms with Crippen LogP contribution in [-0.2, 0) is 6.42 Å². The first-order valence-corrected chi connectivity index (χ1v) is 7.48. The van der Waals surface area contributed by atoms with Crippen molar-refractivity contribution in [1.29, 1.82) is 0 Å². The van der Waals surface area contributed by atoms with E-state index < -0.39 is 17.7 Å². The van der Waals surface area contributed by atoms with Crippen molar-refractivity contribution in [3.63, 3.8) is 0 Å². The van der Waals surface area contributed by atoms with Crippen LogP contribution in [0.3, 0.4) is 0 Å². The normalized spacial score (nSPS) is 14.0. The molecule has 5 heteroatoms. The molecule has 0 radical (unpaired) electrons. The highest BCUT2D eigenvalue weighted by molar-refractivity contribution is 5.26. The summed E-state index contributed by atoms with van der Waals surface area (Å²) in [6.45, 7) is 2.33. The number of aliphatic hydroxyl groups is 1. The summed E-state index contributed by atoms with van der Waals surface area (Å²) in [5, 5.41) is 19.5. The summed E-state index contributed by atoms with van der Waals surface area (Å²) in [7, 11) is 1.87. The smallest absolute Gasteiger partial charge is 0.159 e. The van der Waals surface area contributed by atoms with Gasteiger partial charge < -0.3 is 15.1 Å². The summed E-state index contributed by atoms with van der Waals surface area (Å²) < 4.78 is 26.2. The highest BCUT2D eigenvalue weighted by atomic mass is 19.2. The minimum Gasteiger partial charge on any atom is -0.508 e. The van der Waals surface area contributed by atoms with Crippen LogP contribution in [0.4, 0.5) is 8.78 Å². The van der Waals surface area contributed by atoms with Gasteiger partial charge in [0.05, 0.1) is 6.10 Å². The molecule has 0 heterocycles. The molecule has 0 saturated carbocycles. The lowest BCUT2D eigenvalue weighted by Crippen LogP contribution is -2.34. The standard InChI is InChI=1S/C18H21F2NO2/c1-12(9-13-3-6-15(22)7-4-13)21(2)11-18(23)14-5-8-16(19)17(20)10-14/h3-8,10,12,18,22-23H,9,11H2,1-2H3. The van der Waals surface area contributed by atoms with Crippen LogP contribution in [0, 0.1) is 11.6 Å². The monoisotopic (exact) mass is 321 g/mol. The van der Waals surface area contributed by atoms with Gasteiger partial charge in [-0.3, -0.25) is 0 Å². The second-order valence-electron chi connectivity index (χ2n) is 5.85. The molecule has 0 aliphatic heterocycles. The third-order valence-corrected chi connectivity index (χ3v) is 4.01. The summed E-state index contributed by atoms with van der Waals surface area (Å²) >= 11 is 0. The molecule has 2 aromatic carbocycles. The van der Waals surface area contributed by atoms with Crippen LogP contribution < -0.4 is 0 Å². The number of phenolic OH excluding ortho intramolecular Hbond substituents is 1. The van der Waals surface area contributed by atoms with E-state index in [9.17, 15) is 19.0 Å². The molecule has 0 saturated heterocycles. The Morgan fingerprint density at radius 1 is 1.04 bits per heavy atom. The molecule has 0 aliphatic carbocycles. The fourth-order valence-electron chi connectivity index (χ4n) is 2.41. The molecular weight excluding hydrogens is 300 g/mol. The first-order chi connectivity index (χ1) is 10.9. The van der Waals surface area contributed by atoms with Crippen molar-refractivity contribution in [3.8, 4) is 5.75 Å². The molecule has 2 unspecified atom stereocenters. The van der Waals surface area contributed by atoms with Crippen molar-refractivity contribution in [1.82, 2.24) is 4.90 Å². The van der Waals surface area contributed by atoms with Crippen LogP contribution >= 0.6 is 0 Å². The molecule has 2 N–H and O–H groups in total. The van der Waals surface area contributed by atoms with Gasteiger partial charge in [0.15, 0.2) is 11.6 Å². The lowest BCUT2D eigenvalue weighted by Gasteiger charge is -2.27. The van der Waals surface area contributed by atoms with E-state index in [-0.39, 0.29) is 11.8 Å². The Balaban J connectivity index is 1.95. The number of rotatable bonds is 6. The van der Waals surface area contributed by atoms with E-state index in [1.54, 1.807) is 12.1 Å². The van der Waals surface area contributed by atoms with Crippen LogP contribution in [0.15, 0.2) is 42.5 Å². The molecule has 124 valence electrons. The van der Waals surface area contributed by atoms with E-state index in [0.29, 0.717) is 12.1 Å². The molecule has 0 aromatic heterocycles. The first-order valence-electron chi connectivity index (χ1n) is 7.48. The number of aliphatic hydroxyl groups excluding tert-OH is 1. The molecule has 2 rings (SSSR count). The van der Waals surface area contributed by atoms with E-state index in [2.05, 4.69) is 0 Å². The van der Waals surface area contributed by atoms with Crippen LogP contribution in [-0.4, -0.2) is 34.7 Å². The number of halogens is 2. The second kappa shape index (κ2) is 7.53. The van der Waals surface area contributed by atoms with Crippen molar-refractivity contribution in [2.45, 2.75) is 25.5 Å². The number of likely N-dealkylation sites (N-methyl/N-ethyl adjacent to an activating group) is 1. The number of phenols is 1. The minimum absolute atomic E-state index is 0.138. The number of hydrogen-bond donors (Lipinski definition) is 2. The van der Waals surface area contributed by atoms with Crippen LogP contribution in [0.25, 0.3) is 0 Å². The highest BCUT2D eigenvalue weighted by Gasteiger charge is 2.17. The maximum atomic E-state index is 13.2. The molecule has 0 aliphatic rings. The Kier molecular flexibility index (Phi) is 5.69. The molecule has 0 bridgehead atoms. The van der Waals surface area contributed by atoms with E-state index in [1.165, 1.54) is 6.07 Å². The maximum Gasteiger partial charge on any atom is 0.159 e. The SMILES string of the molecule is CC(Cc1ccc(O)cc1)N(C)CC(O)c1ccc(F)c(F)c1. The average molecular weight is 321 g/mol. The second-order valence-corrected chi connectivity index (χ2v) is 5.85. The summed E-state index contributed by atoms with van der Waals surface area (Å²) in [5.74, 6) is -1.65. The lowest BCUT2D eigenvalue weighted by molar-refractivity contribution is 0.108. The van der Waals surface area contributed by atoms with E-state index in [4.69, 9.17) is 0 Å². The van der Waals surface area contributed by atoms with E-state index >= 15 is 0 Å². The predicted molar refractivity (Wildman–Crippen MR) is 85.2 cm³/mol. The van der Waals surface area contributed by atoms with Gasteiger partial charge in [0, 0.05) is 12.6 Å². The van der Waals surface area contributed by atoms with Gasteiger partial charge in [0.1, 0.15) is 5.75 Å². The van der Waals surface area contributed by atoms with Crippen molar-refractivity contribution < 1.29 is 19.0 Å². The number of aromatic hydroxyl groups is 1. The molecular formula is C18H21F2NO2. The zero-order chi connectivity index (χ0) is 17.0. The minimum atomic E-state index is -0.957. The zero-order valence-electron chi connectivity index (χ0n) is 13.2. The van der Waals surface area contributed by atoms with Crippen molar-refractivity contribution in [2.24, 2.45) is 0 Å². The Labute approximate surface area is 134 Å². The quantitative estimate of drug-likeness (QED) is 0.858. The average Bonchev–Trinajstić information content (AvgIpc) is 2.52. The molecule has 23 heavy (non-hydrogen) atoms. The van der Waals surface area contributed by atoms with E-state index in [0.717, 1.165) is 24.1 Å². The van der Waals surface area contributed by atoms with E-state index in [1.807, 2.05) is 31.0 Å². The largest absolute Gasteiger partial charge is 0.508 e. The molecule has 0 amide bonds. The van der Waals surface area contributed by atoms with Gasteiger partial charge in [0.25, 0.3) is 0 Å². The first kappa shape index (κ1) is 17.4. The number of hydrogen-bond acceptors (Lipinski definition) is 3.